The van der Waals surface area contributed by atoms with E-state index in [1.807, 2.05) is 103 Å². The van der Waals surface area contributed by atoms with Crippen LogP contribution in [0.3, 0.4) is 0 Å². The van der Waals surface area contributed by atoms with Crippen LogP contribution in [0.5, 0.6) is 0 Å². The molecule has 0 bridgehead atoms. The molecule has 0 spiro atoms. The Hall–Kier alpha value is -14.9. The van der Waals surface area contributed by atoms with E-state index in [0.29, 0.717) is 34.9 Å². The normalized spacial score (nSPS) is 12.4. The van der Waals surface area contributed by atoms with Gasteiger partial charge in [-0.3, -0.25) is 0 Å². The van der Waals surface area contributed by atoms with E-state index in [2.05, 4.69) is 220 Å². The van der Waals surface area contributed by atoms with E-state index < -0.39 is 0 Å². The largest absolute Gasteiger partial charge is 0.456 e. The molecule has 0 unspecified atom stereocenters. The Balaban J connectivity index is 0.623. The molecule has 0 saturated carbocycles. The summed E-state index contributed by atoms with van der Waals surface area (Å²) in [5.41, 5.74) is 22.1. The molecule has 10 aromatic heterocycles. The van der Waals surface area contributed by atoms with Gasteiger partial charge >= 0.3 is 0 Å². The van der Waals surface area contributed by atoms with Crippen molar-refractivity contribution in [3.63, 3.8) is 0 Å². The minimum absolute atomic E-state index is 0.517. The fraction of sp³-hybridized carbons (Fsp3) is 0. The Morgan fingerprint density at radius 1 is 0.204 bits per heavy atom. The molecule has 25 aromatic rings. The number of rotatable bonds is 8. The Bertz CT molecular complexity index is 8200. The highest BCUT2D eigenvalue weighted by molar-refractivity contribution is 6.29. The predicted octanol–water partition coefficient (Wildman–Crippen LogP) is 24.8. The van der Waals surface area contributed by atoms with Crippen molar-refractivity contribution in [1.82, 2.24) is 43.3 Å². The minimum atomic E-state index is 0.517. The van der Waals surface area contributed by atoms with Gasteiger partial charge < -0.3 is 26.6 Å². The van der Waals surface area contributed by atoms with Crippen molar-refractivity contribution < 1.29 is 13.3 Å². The summed E-state index contributed by atoms with van der Waals surface area (Å²) in [6.45, 7) is 0. The van der Waals surface area contributed by atoms with Gasteiger partial charge in [0.15, 0.2) is 34.9 Å². The lowest BCUT2D eigenvalue weighted by Crippen LogP contribution is -2.00. The van der Waals surface area contributed by atoms with Crippen LogP contribution in [-0.2, 0) is 0 Å². The molecule has 0 radical (unpaired) electrons. The van der Waals surface area contributed by atoms with Gasteiger partial charge in [-0.05, 0) is 108 Å². The first-order valence-electron chi connectivity index (χ1n) is 36.3. The third-order valence-electron chi connectivity index (χ3n) is 22.6. The molecule has 0 amide bonds. The summed E-state index contributed by atoms with van der Waals surface area (Å²) < 4.78 is 27.6. The first kappa shape index (κ1) is 57.6. The van der Waals surface area contributed by atoms with Crippen LogP contribution in [0.4, 0.5) is 0 Å². The molecule has 12 heteroatoms. The number of hydrogen-bond donors (Lipinski definition) is 0. The monoisotopic (exact) mass is 1380 g/mol. The predicted molar refractivity (Wildman–Crippen MR) is 437 cm³/mol. The second-order valence-corrected chi connectivity index (χ2v) is 28.3. The van der Waals surface area contributed by atoms with Gasteiger partial charge in [0, 0.05) is 120 Å². The van der Waals surface area contributed by atoms with Crippen molar-refractivity contribution >= 4 is 164 Å². The Morgan fingerprint density at radius 3 is 1.32 bits per heavy atom. The van der Waals surface area contributed by atoms with Crippen molar-refractivity contribution in [2.45, 2.75) is 0 Å². The highest BCUT2D eigenvalue weighted by Crippen LogP contribution is 2.49. The van der Waals surface area contributed by atoms with Crippen LogP contribution in [0.25, 0.3) is 249 Å². The SMILES string of the molecule is c1ccc(-c2nc(-c3ccc4c(c3)c3ccccc3n4-c3cccc(-c4cccc5c4c4cccc6c7cc8oc9cccc(-c%10nc(-c%11ccccc%11)nc(-c%11cccc%12c%11oc%11ccccc%11%12)n%10)c9c8cc7n5c64)c3)nc(-c3cccc4oc5cc6c7cccc8c9ccccc9n(c6cc5c34)c87)n2)cc1. The van der Waals surface area contributed by atoms with Crippen LogP contribution in [0, 0.1) is 0 Å². The maximum Gasteiger partial charge on any atom is 0.167 e. The van der Waals surface area contributed by atoms with E-state index in [1.54, 1.807) is 0 Å². The zero-order valence-electron chi connectivity index (χ0n) is 57.2. The lowest BCUT2D eigenvalue weighted by atomic mass is 9.98. The molecule has 0 fully saturated rings. The van der Waals surface area contributed by atoms with E-state index in [-0.39, 0.29) is 0 Å². The summed E-state index contributed by atoms with van der Waals surface area (Å²) in [6, 6.07) is 109. The van der Waals surface area contributed by atoms with Crippen LogP contribution in [0.1, 0.15) is 0 Å². The van der Waals surface area contributed by atoms with Crippen LogP contribution < -0.4 is 0 Å². The highest BCUT2D eigenvalue weighted by Gasteiger charge is 2.28. The molecular weight excluding hydrogens is 1330 g/mol. The third-order valence-corrected chi connectivity index (χ3v) is 22.6. The number of hydrogen-bond acceptors (Lipinski definition) is 9. The van der Waals surface area contributed by atoms with Gasteiger partial charge in [0.05, 0.1) is 49.7 Å². The fourth-order valence-electron chi connectivity index (χ4n) is 18.0. The molecule has 0 aliphatic heterocycles. The average Bonchev–Trinajstić information content (AvgIpc) is 1.54. The summed E-state index contributed by atoms with van der Waals surface area (Å²) in [4.78, 5) is 31.9. The first-order chi connectivity index (χ1) is 53.5. The van der Waals surface area contributed by atoms with Gasteiger partial charge in [0.2, 0.25) is 0 Å². The van der Waals surface area contributed by atoms with Crippen molar-refractivity contribution in [3.8, 4) is 85.1 Å². The van der Waals surface area contributed by atoms with Crippen LogP contribution in [0.15, 0.2) is 323 Å². The summed E-state index contributed by atoms with van der Waals surface area (Å²) in [5.74, 6) is 3.32. The Morgan fingerprint density at radius 2 is 0.639 bits per heavy atom. The molecule has 25 rings (SSSR count). The van der Waals surface area contributed by atoms with E-state index in [4.69, 9.17) is 43.2 Å². The molecule has 0 N–H and O–H groups in total. The summed E-state index contributed by atoms with van der Waals surface area (Å²) in [5, 5.41) is 17.5. The summed E-state index contributed by atoms with van der Waals surface area (Å²) in [7, 11) is 0. The number of nitrogens with zero attached hydrogens (tertiary/aromatic N) is 9. The quantitative estimate of drug-likeness (QED) is 0.146. The maximum atomic E-state index is 6.90. The van der Waals surface area contributed by atoms with Crippen LogP contribution in [0.2, 0.25) is 0 Å². The van der Waals surface area contributed by atoms with Crippen molar-refractivity contribution in [1.29, 1.82) is 0 Å². The Kier molecular flexibility index (Phi) is 11.4. The molecule has 498 valence electrons. The molecule has 0 atom stereocenters. The lowest BCUT2D eigenvalue weighted by molar-refractivity contribution is 0.669. The highest BCUT2D eigenvalue weighted by atomic mass is 16.3. The number of para-hydroxylation sites is 6. The van der Waals surface area contributed by atoms with Gasteiger partial charge in [-0.25, -0.2) is 29.9 Å². The van der Waals surface area contributed by atoms with E-state index >= 15 is 0 Å². The topological polar surface area (TPSA) is 131 Å². The number of benzene rings is 15. The fourth-order valence-corrected chi connectivity index (χ4v) is 18.0. The number of furan rings is 3. The Labute approximate surface area is 611 Å². The van der Waals surface area contributed by atoms with Gasteiger partial charge in [-0.1, -0.05) is 212 Å². The van der Waals surface area contributed by atoms with E-state index in [9.17, 15) is 0 Å². The second kappa shape index (κ2) is 21.4. The maximum absolute atomic E-state index is 6.90. The smallest absolute Gasteiger partial charge is 0.167 e. The summed E-state index contributed by atoms with van der Waals surface area (Å²) in [6.07, 6.45) is 0. The standard InChI is InChI=1S/C96H51N9O3/c1-3-20-52(21-4-1)91-97-93(101-94(98-91)66-35-18-42-81-86(66)72-48-78-70(50-83(72)106-81)62-31-14-30-61-58-26-7-11-39-75(58)104(78)88(61)62)55-44-45-76-69(47-55)59-27-8-10-38-74(59)103(76)56-25-13-24-54(46-56)57-29-17-40-77-85(57)65-34-15-32-63-71-51-84-73(49-79(71)105(77)89(63)65)87-67(36-19-43-82(87)107-84)95-99-92(53-22-5-2-6-23-53)100-96(102-95)68-37-16-33-64-60-28-9-12-41-80(60)108-90(64)68/h1-51H. The number of fused-ring (bicyclic) bond motifs is 24. The van der Waals surface area contributed by atoms with E-state index in [1.165, 1.54) is 38.0 Å². The van der Waals surface area contributed by atoms with Crippen LogP contribution >= 0.6 is 0 Å². The molecule has 108 heavy (non-hydrogen) atoms. The second-order valence-electron chi connectivity index (χ2n) is 28.3. The van der Waals surface area contributed by atoms with E-state index in [0.717, 1.165) is 176 Å². The van der Waals surface area contributed by atoms with Crippen molar-refractivity contribution in [2.75, 3.05) is 0 Å². The van der Waals surface area contributed by atoms with Gasteiger partial charge in [0.25, 0.3) is 0 Å². The lowest BCUT2D eigenvalue weighted by Gasteiger charge is -2.12. The van der Waals surface area contributed by atoms with Crippen molar-refractivity contribution in [3.05, 3.63) is 309 Å². The molecule has 12 nitrogen and oxygen atoms in total. The first-order valence-corrected chi connectivity index (χ1v) is 36.3. The summed E-state index contributed by atoms with van der Waals surface area (Å²) >= 11 is 0. The average molecular weight is 1380 g/mol. The molecule has 0 aliphatic carbocycles. The zero-order valence-corrected chi connectivity index (χ0v) is 57.2. The molecule has 15 aromatic carbocycles. The van der Waals surface area contributed by atoms with Gasteiger partial charge in [-0.2, -0.15) is 0 Å². The molecular formula is C96H51N9O3. The van der Waals surface area contributed by atoms with Crippen LogP contribution in [-0.4, -0.2) is 43.3 Å². The minimum Gasteiger partial charge on any atom is -0.456 e. The molecule has 0 aliphatic rings. The van der Waals surface area contributed by atoms with Gasteiger partial charge in [-0.15, -0.1) is 0 Å². The number of aromatic nitrogens is 9. The van der Waals surface area contributed by atoms with Crippen molar-refractivity contribution in [2.24, 2.45) is 0 Å². The molecule has 10 heterocycles. The zero-order chi connectivity index (χ0) is 70.1. The third kappa shape index (κ3) is 7.95. The van der Waals surface area contributed by atoms with Gasteiger partial charge in [0.1, 0.15) is 33.5 Å². The molecule has 0 saturated heterocycles.